The molecule has 0 aliphatic carbocycles. The van der Waals surface area contributed by atoms with Crippen LogP contribution in [0.4, 0.5) is 5.69 Å². The van der Waals surface area contributed by atoms with E-state index in [2.05, 4.69) is 6.07 Å². The molecule has 0 spiro atoms. The second-order valence-corrected chi connectivity index (χ2v) is 6.64. The van der Waals surface area contributed by atoms with Crippen LogP contribution >= 0.6 is 0 Å². The van der Waals surface area contributed by atoms with E-state index in [4.69, 9.17) is 5.26 Å². The van der Waals surface area contributed by atoms with Crippen LogP contribution in [0, 0.1) is 18.3 Å². The average molecular weight is 370 g/mol. The Bertz CT molecular complexity index is 921. The SMILES string of the molecule is Cc1ccc(N(CCC#N)C(=O)C(O)(c2ccccc2)c2ccccc2)cc1. The first-order valence-corrected chi connectivity index (χ1v) is 9.16. The standard InChI is InChI=1S/C24H22N2O2/c1-19-13-15-22(16-14-19)26(18-8-17-25)23(27)24(28,20-9-4-2-5-10-20)21-11-6-3-7-12-21/h2-7,9-16,28H,8,18H2,1H3. The quantitative estimate of drug-likeness (QED) is 0.708. The Morgan fingerprint density at radius 1 is 0.929 bits per heavy atom. The third-order valence-electron chi connectivity index (χ3n) is 4.73. The molecule has 140 valence electrons. The van der Waals surface area contributed by atoms with Gasteiger partial charge in [-0.05, 0) is 30.2 Å². The van der Waals surface area contributed by atoms with Crippen LogP contribution in [0.25, 0.3) is 0 Å². The number of benzene rings is 3. The summed E-state index contributed by atoms with van der Waals surface area (Å²) in [5, 5.41) is 20.8. The molecule has 28 heavy (non-hydrogen) atoms. The van der Waals surface area contributed by atoms with Crippen LogP contribution in [0.3, 0.4) is 0 Å². The fourth-order valence-electron chi connectivity index (χ4n) is 3.20. The van der Waals surface area contributed by atoms with E-state index in [0.717, 1.165) is 5.56 Å². The largest absolute Gasteiger partial charge is 0.372 e. The predicted molar refractivity (Wildman–Crippen MR) is 110 cm³/mol. The molecule has 4 nitrogen and oxygen atoms in total. The Labute approximate surface area is 165 Å². The fraction of sp³-hybridized carbons (Fsp3) is 0.167. The maximum atomic E-state index is 13.7. The maximum absolute atomic E-state index is 13.7. The number of nitriles is 1. The van der Waals surface area contributed by atoms with Crippen LogP contribution in [0.15, 0.2) is 84.9 Å². The van der Waals surface area contributed by atoms with Crippen molar-refractivity contribution in [2.24, 2.45) is 0 Å². The van der Waals surface area contributed by atoms with Crippen LogP contribution in [0.2, 0.25) is 0 Å². The number of aryl methyl sites for hydroxylation is 1. The average Bonchev–Trinajstić information content (AvgIpc) is 2.75. The van der Waals surface area contributed by atoms with Crippen molar-refractivity contribution in [3.05, 3.63) is 102 Å². The molecule has 0 bridgehead atoms. The van der Waals surface area contributed by atoms with Gasteiger partial charge in [0, 0.05) is 12.2 Å². The first kappa shape index (κ1) is 19.3. The van der Waals surface area contributed by atoms with Gasteiger partial charge in [0.1, 0.15) is 0 Å². The normalized spacial score (nSPS) is 10.9. The molecule has 0 atom stereocenters. The molecule has 0 saturated carbocycles. The molecule has 0 heterocycles. The van der Waals surface area contributed by atoms with E-state index < -0.39 is 11.5 Å². The molecule has 3 aromatic carbocycles. The van der Waals surface area contributed by atoms with Crippen molar-refractivity contribution in [1.82, 2.24) is 0 Å². The summed E-state index contributed by atoms with van der Waals surface area (Å²) < 4.78 is 0. The summed E-state index contributed by atoms with van der Waals surface area (Å²) in [5.74, 6) is -0.482. The van der Waals surface area contributed by atoms with Gasteiger partial charge < -0.3 is 10.0 Å². The van der Waals surface area contributed by atoms with Crippen LogP contribution in [0.1, 0.15) is 23.1 Å². The van der Waals surface area contributed by atoms with Crippen LogP contribution in [-0.2, 0) is 10.4 Å². The van der Waals surface area contributed by atoms with E-state index in [1.54, 1.807) is 48.5 Å². The molecular weight excluding hydrogens is 348 g/mol. The number of carbonyl (C=O) groups is 1. The summed E-state index contributed by atoms with van der Waals surface area (Å²) in [6, 6.07) is 27.4. The van der Waals surface area contributed by atoms with Crippen molar-refractivity contribution in [3.63, 3.8) is 0 Å². The van der Waals surface area contributed by atoms with E-state index >= 15 is 0 Å². The zero-order valence-electron chi connectivity index (χ0n) is 15.7. The topological polar surface area (TPSA) is 64.3 Å². The summed E-state index contributed by atoms with van der Waals surface area (Å²) in [7, 11) is 0. The molecule has 1 N–H and O–H groups in total. The molecule has 0 radical (unpaired) electrons. The summed E-state index contributed by atoms with van der Waals surface area (Å²) in [6.45, 7) is 2.16. The van der Waals surface area contributed by atoms with E-state index in [1.807, 2.05) is 43.3 Å². The molecule has 3 aromatic rings. The third kappa shape index (κ3) is 3.80. The highest BCUT2D eigenvalue weighted by atomic mass is 16.3. The van der Waals surface area contributed by atoms with Gasteiger partial charge in [-0.25, -0.2) is 0 Å². The monoisotopic (exact) mass is 370 g/mol. The maximum Gasteiger partial charge on any atom is 0.268 e. The van der Waals surface area contributed by atoms with E-state index in [0.29, 0.717) is 16.8 Å². The Hall–Kier alpha value is -3.42. The third-order valence-corrected chi connectivity index (χ3v) is 4.73. The Kier molecular flexibility index (Phi) is 5.88. The van der Waals surface area contributed by atoms with Crippen LogP contribution in [-0.4, -0.2) is 17.6 Å². The van der Waals surface area contributed by atoms with Gasteiger partial charge in [-0.3, -0.25) is 4.79 Å². The molecule has 0 fully saturated rings. The fourth-order valence-corrected chi connectivity index (χ4v) is 3.20. The van der Waals surface area contributed by atoms with Crippen molar-refractivity contribution in [1.29, 1.82) is 5.26 Å². The lowest BCUT2D eigenvalue weighted by Gasteiger charge is -2.34. The summed E-state index contributed by atoms with van der Waals surface area (Å²) in [6.07, 6.45) is 0.166. The van der Waals surface area contributed by atoms with Crippen molar-refractivity contribution in [3.8, 4) is 6.07 Å². The van der Waals surface area contributed by atoms with Gasteiger partial charge in [-0.15, -0.1) is 0 Å². The number of aliphatic hydroxyl groups is 1. The molecular formula is C24H22N2O2. The molecule has 0 aliphatic rings. The van der Waals surface area contributed by atoms with Crippen LogP contribution < -0.4 is 4.90 Å². The van der Waals surface area contributed by atoms with Gasteiger partial charge in [0.2, 0.25) is 0 Å². The van der Waals surface area contributed by atoms with Gasteiger partial charge in [0.05, 0.1) is 12.5 Å². The summed E-state index contributed by atoms with van der Waals surface area (Å²) >= 11 is 0. The van der Waals surface area contributed by atoms with Crippen molar-refractivity contribution >= 4 is 11.6 Å². The van der Waals surface area contributed by atoms with E-state index in [1.165, 1.54) is 4.90 Å². The first-order valence-electron chi connectivity index (χ1n) is 9.16. The molecule has 0 saturated heterocycles. The lowest BCUT2D eigenvalue weighted by molar-refractivity contribution is -0.133. The zero-order valence-corrected chi connectivity index (χ0v) is 15.7. The number of amides is 1. The molecule has 0 aliphatic heterocycles. The highest BCUT2D eigenvalue weighted by Gasteiger charge is 2.43. The molecule has 4 heteroatoms. The van der Waals surface area contributed by atoms with Crippen molar-refractivity contribution < 1.29 is 9.90 Å². The molecule has 0 unspecified atom stereocenters. The minimum absolute atomic E-state index is 0.166. The van der Waals surface area contributed by atoms with Crippen LogP contribution in [0.5, 0.6) is 0 Å². The smallest absolute Gasteiger partial charge is 0.268 e. The van der Waals surface area contributed by atoms with E-state index in [-0.39, 0.29) is 13.0 Å². The minimum Gasteiger partial charge on any atom is -0.372 e. The van der Waals surface area contributed by atoms with Gasteiger partial charge >= 0.3 is 0 Å². The Balaban J connectivity index is 2.13. The highest BCUT2D eigenvalue weighted by Crippen LogP contribution is 2.33. The zero-order chi connectivity index (χ0) is 20.0. The second-order valence-electron chi connectivity index (χ2n) is 6.64. The predicted octanol–water partition coefficient (Wildman–Crippen LogP) is 4.18. The lowest BCUT2D eigenvalue weighted by Crippen LogP contribution is -2.48. The summed E-state index contributed by atoms with van der Waals surface area (Å²) in [5.41, 5.74) is 0.831. The van der Waals surface area contributed by atoms with Gasteiger partial charge in [0.15, 0.2) is 5.60 Å². The number of rotatable bonds is 6. The number of anilines is 1. The van der Waals surface area contributed by atoms with Crippen molar-refractivity contribution in [2.75, 3.05) is 11.4 Å². The van der Waals surface area contributed by atoms with E-state index in [9.17, 15) is 9.90 Å². The minimum atomic E-state index is -1.86. The Morgan fingerprint density at radius 2 is 1.43 bits per heavy atom. The number of hydrogen-bond acceptors (Lipinski definition) is 3. The molecule has 3 rings (SSSR count). The summed E-state index contributed by atoms with van der Waals surface area (Å²) in [4.78, 5) is 15.2. The highest BCUT2D eigenvalue weighted by molar-refractivity contribution is 6.02. The lowest BCUT2D eigenvalue weighted by atomic mass is 9.84. The Morgan fingerprint density at radius 3 is 1.89 bits per heavy atom. The molecule has 0 aromatic heterocycles. The number of carbonyl (C=O) groups excluding carboxylic acids is 1. The van der Waals surface area contributed by atoms with Crippen molar-refractivity contribution in [2.45, 2.75) is 18.9 Å². The first-order chi connectivity index (χ1) is 13.6. The second kappa shape index (κ2) is 8.51. The number of hydrogen-bond donors (Lipinski definition) is 1. The van der Waals surface area contributed by atoms with Gasteiger partial charge in [-0.1, -0.05) is 78.4 Å². The number of nitrogens with zero attached hydrogens (tertiary/aromatic N) is 2. The van der Waals surface area contributed by atoms with Gasteiger partial charge in [-0.2, -0.15) is 5.26 Å². The molecule has 1 amide bonds. The van der Waals surface area contributed by atoms with Gasteiger partial charge in [0.25, 0.3) is 5.91 Å².